The second-order valence-corrected chi connectivity index (χ2v) is 7.25. The average molecular weight is 441 g/mol. The van der Waals surface area contributed by atoms with E-state index in [1.165, 1.54) is 12.1 Å². The number of hydrogen-bond donors (Lipinski definition) is 2. The van der Waals surface area contributed by atoms with Crippen LogP contribution in [0.15, 0.2) is 40.9 Å². The van der Waals surface area contributed by atoms with Gasteiger partial charge in [-0.05, 0) is 42.1 Å². The van der Waals surface area contributed by atoms with Crippen LogP contribution in [0.3, 0.4) is 0 Å². The zero-order valence-electron chi connectivity index (χ0n) is 16.3. The SMILES string of the molecule is Cc1cnn(C)c1-c1cc(C(=O)NC(CN)Cc2cccc(C(F)(F)F)c2)oc1Cl. The van der Waals surface area contributed by atoms with Gasteiger partial charge in [0.05, 0.1) is 23.0 Å². The molecule has 0 bridgehead atoms. The number of hydrogen-bond acceptors (Lipinski definition) is 4. The lowest BCUT2D eigenvalue weighted by Crippen LogP contribution is -2.41. The highest BCUT2D eigenvalue weighted by Gasteiger charge is 2.30. The number of nitrogens with two attached hydrogens (primary N) is 1. The number of rotatable bonds is 6. The van der Waals surface area contributed by atoms with Crippen LogP contribution in [0.5, 0.6) is 0 Å². The topological polar surface area (TPSA) is 86.1 Å². The highest BCUT2D eigenvalue weighted by Crippen LogP contribution is 2.33. The molecule has 0 saturated heterocycles. The molecule has 2 aromatic heterocycles. The van der Waals surface area contributed by atoms with Gasteiger partial charge >= 0.3 is 6.18 Å². The van der Waals surface area contributed by atoms with Gasteiger partial charge in [-0.3, -0.25) is 9.48 Å². The Bertz CT molecular complexity index is 1040. The van der Waals surface area contributed by atoms with E-state index in [1.54, 1.807) is 24.0 Å². The summed E-state index contributed by atoms with van der Waals surface area (Å²) < 4.78 is 45.7. The monoisotopic (exact) mass is 440 g/mol. The maximum absolute atomic E-state index is 12.9. The molecule has 1 amide bonds. The van der Waals surface area contributed by atoms with E-state index < -0.39 is 23.7 Å². The lowest BCUT2D eigenvalue weighted by Gasteiger charge is -2.17. The number of furan rings is 1. The van der Waals surface area contributed by atoms with Crippen molar-refractivity contribution in [1.29, 1.82) is 0 Å². The number of aromatic nitrogens is 2. The fourth-order valence-electron chi connectivity index (χ4n) is 3.19. The van der Waals surface area contributed by atoms with E-state index in [0.717, 1.165) is 17.7 Å². The quantitative estimate of drug-likeness (QED) is 0.607. The number of carbonyl (C=O) groups excluding carboxylic acids is 1. The van der Waals surface area contributed by atoms with Crippen molar-refractivity contribution in [2.75, 3.05) is 6.54 Å². The Morgan fingerprint density at radius 1 is 1.37 bits per heavy atom. The minimum absolute atomic E-state index is 0.0295. The fraction of sp³-hybridized carbons (Fsp3) is 0.300. The molecule has 0 aliphatic rings. The van der Waals surface area contributed by atoms with Gasteiger partial charge in [-0.1, -0.05) is 18.2 Å². The summed E-state index contributed by atoms with van der Waals surface area (Å²) in [6.45, 7) is 1.88. The van der Waals surface area contributed by atoms with E-state index in [0.29, 0.717) is 16.8 Å². The molecule has 3 N–H and O–H groups in total. The molecule has 1 atom stereocenters. The average Bonchev–Trinajstić information content (AvgIpc) is 3.22. The summed E-state index contributed by atoms with van der Waals surface area (Å²) in [5.41, 5.74) is 7.45. The van der Waals surface area contributed by atoms with Gasteiger partial charge in [-0.2, -0.15) is 18.3 Å². The molecule has 0 aliphatic heterocycles. The van der Waals surface area contributed by atoms with Crippen LogP contribution in [-0.2, 0) is 19.6 Å². The van der Waals surface area contributed by atoms with Crippen molar-refractivity contribution >= 4 is 17.5 Å². The van der Waals surface area contributed by atoms with Gasteiger partial charge < -0.3 is 15.5 Å². The van der Waals surface area contributed by atoms with E-state index in [-0.39, 0.29) is 23.9 Å². The molecule has 2 heterocycles. The molecule has 160 valence electrons. The van der Waals surface area contributed by atoms with Crippen molar-refractivity contribution in [3.8, 4) is 11.3 Å². The van der Waals surface area contributed by atoms with E-state index in [1.807, 2.05) is 6.92 Å². The Labute approximate surface area is 175 Å². The van der Waals surface area contributed by atoms with Gasteiger partial charge in [0.25, 0.3) is 5.91 Å². The number of nitrogens with one attached hydrogen (secondary N) is 1. The van der Waals surface area contributed by atoms with Crippen molar-refractivity contribution in [2.45, 2.75) is 25.6 Å². The first kappa shape index (κ1) is 21.9. The minimum Gasteiger partial charge on any atom is -0.439 e. The van der Waals surface area contributed by atoms with Crippen molar-refractivity contribution in [1.82, 2.24) is 15.1 Å². The van der Waals surface area contributed by atoms with E-state index in [4.69, 9.17) is 21.8 Å². The molecule has 0 spiro atoms. The Kier molecular flexibility index (Phi) is 6.23. The number of amides is 1. The van der Waals surface area contributed by atoms with Crippen LogP contribution >= 0.6 is 11.6 Å². The minimum atomic E-state index is -4.44. The molecule has 0 radical (unpaired) electrons. The summed E-state index contributed by atoms with van der Waals surface area (Å²) in [4.78, 5) is 12.6. The zero-order valence-corrected chi connectivity index (χ0v) is 17.0. The van der Waals surface area contributed by atoms with Gasteiger partial charge in [0, 0.05) is 25.7 Å². The molecule has 6 nitrogen and oxygen atoms in total. The summed E-state index contributed by atoms with van der Waals surface area (Å²) in [6.07, 6.45) is -2.64. The second kappa shape index (κ2) is 8.53. The molecule has 3 rings (SSSR count). The third kappa shape index (κ3) is 4.68. The first-order valence-electron chi connectivity index (χ1n) is 9.05. The summed E-state index contributed by atoms with van der Waals surface area (Å²) in [5.74, 6) is -0.594. The lowest BCUT2D eigenvalue weighted by molar-refractivity contribution is -0.137. The smallest absolute Gasteiger partial charge is 0.416 e. The third-order valence-corrected chi connectivity index (χ3v) is 4.92. The van der Waals surface area contributed by atoms with Crippen molar-refractivity contribution in [2.24, 2.45) is 12.8 Å². The molecular weight excluding hydrogens is 421 g/mol. The lowest BCUT2D eigenvalue weighted by atomic mass is 10.0. The van der Waals surface area contributed by atoms with Crippen LogP contribution in [-0.4, -0.2) is 28.3 Å². The maximum Gasteiger partial charge on any atom is 0.416 e. The predicted octanol–water partition coefficient (Wildman–Crippen LogP) is 3.96. The Hall–Kier alpha value is -2.78. The van der Waals surface area contributed by atoms with Crippen LogP contribution in [0.25, 0.3) is 11.3 Å². The second-order valence-electron chi connectivity index (χ2n) is 6.91. The van der Waals surface area contributed by atoms with Gasteiger partial charge in [-0.25, -0.2) is 0 Å². The van der Waals surface area contributed by atoms with Gasteiger partial charge in [-0.15, -0.1) is 0 Å². The van der Waals surface area contributed by atoms with Gasteiger partial charge in [0.1, 0.15) is 0 Å². The predicted molar refractivity (Wildman–Crippen MR) is 106 cm³/mol. The van der Waals surface area contributed by atoms with Crippen molar-refractivity contribution in [3.05, 3.63) is 64.2 Å². The summed E-state index contributed by atoms with van der Waals surface area (Å²) >= 11 is 6.17. The highest BCUT2D eigenvalue weighted by atomic mass is 35.5. The Balaban J connectivity index is 1.76. The Morgan fingerprint density at radius 2 is 2.10 bits per heavy atom. The number of aryl methyl sites for hydroxylation is 2. The number of alkyl halides is 3. The maximum atomic E-state index is 12.9. The molecule has 3 aromatic rings. The van der Waals surface area contributed by atoms with E-state index >= 15 is 0 Å². The normalized spacial score (nSPS) is 12.8. The Morgan fingerprint density at radius 3 is 2.70 bits per heavy atom. The van der Waals surface area contributed by atoms with Crippen molar-refractivity contribution in [3.63, 3.8) is 0 Å². The van der Waals surface area contributed by atoms with Gasteiger partial charge in [0.2, 0.25) is 5.22 Å². The molecule has 0 fully saturated rings. The van der Waals surface area contributed by atoms with Crippen LogP contribution in [0.2, 0.25) is 5.22 Å². The highest BCUT2D eigenvalue weighted by molar-refractivity contribution is 6.31. The summed E-state index contributed by atoms with van der Waals surface area (Å²) in [5, 5.41) is 6.86. The van der Waals surface area contributed by atoms with Crippen LogP contribution in [0, 0.1) is 6.92 Å². The molecule has 0 saturated carbocycles. The van der Waals surface area contributed by atoms with Crippen molar-refractivity contribution < 1.29 is 22.4 Å². The summed E-state index contributed by atoms with van der Waals surface area (Å²) in [7, 11) is 1.74. The fourth-order valence-corrected chi connectivity index (χ4v) is 3.41. The van der Waals surface area contributed by atoms with Crippen LogP contribution in [0.1, 0.15) is 27.2 Å². The van der Waals surface area contributed by atoms with Crippen LogP contribution < -0.4 is 11.1 Å². The van der Waals surface area contributed by atoms with Gasteiger partial charge in [0.15, 0.2) is 5.76 Å². The van der Waals surface area contributed by atoms with E-state index in [9.17, 15) is 18.0 Å². The molecular formula is C20H20ClF3N4O2. The summed E-state index contributed by atoms with van der Waals surface area (Å²) in [6, 6.07) is 5.82. The first-order chi connectivity index (χ1) is 14.1. The number of benzene rings is 1. The third-order valence-electron chi connectivity index (χ3n) is 4.64. The van der Waals surface area contributed by atoms with Crippen LogP contribution in [0.4, 0.5) is 13.2 Å². The number of nitrogens with zero attached hydrogens (tertiary/aromatic N) is 2. The number of halogens is 4. The molecule has 0 aliphatic carbocycles. The largest absolute Gasteiger partial charge is 0.439 e. The molecule has 1 unspecified atom stereocenters. The standard InChI is InChI=1S/C20H20ClF3N4O2/c1-11-10-26-28(2)17(11)15-8-16(30-18(15)21)19(29)27-14(9-25)7-12-4-3-5-13(6-12)20(22,23)24/h3-6,8,10,14H,7,9,25H2,1-2H3,(H,27,29). The van der Waals surface area contributed by atoms with E-state index in [2.05, 4.69) is 10.4 Å². The molecule has 30 heavy (non-hydrogen) atoms. The first-order valence-corrected chi connectivity index (χ1v) is 9.43. The zero-order chi connectivity index (χ0) is 22.1. The molecule has 10 heteroatoms. The molecule has 1 aromatic carbocycles. The number of carbonyl (C=O) groups is 1.